The van der Waals surface area contributed by atoms with Crippen LogP contribution in [0.25, 0.3) is 21.3 Å². The van der Waals surface area contributed by atoms with Crippen molar-refractivity contribution in [3.05, 3.63) is 71.4 Å². The molecule has 1 atom stereocenters. The summed E-state index contributed by atoms with van der Waals surface area (Å²) in [5.41, 5.74) is 4.61. The van der Waals surface area contributed by atoms with Crippen molar-refractivity contribution >= 4 is 39.0 Å². The molecule has 0 saturated carbocycles. The van der Waals surface area contributed by atoms with E-state index in [9.17, 15) is 4.79 Å². The number of benzene rings is 2. The smallest absolute Gasteiger partial charge is 0.229 e. The van der Waals surface area contributed by atoms with Crippen LogP contribution in [0.15, 0.2) is 60.9 Å². The molecular weight excluding hydrogens is 404 g/mol. The van der Waals surface area contributed by atoms with Crippen LogP contribution in [0.3, 0.4) is 0 Å². The largest absolute Gasteiger partial charge is 0.369 e. The summed E-state index contributed by atoms with van der Waals surface area (Å²) in [6.45, 7) is 4.76. The molecule has 1 amide bonds. The van der Waals surface area contributed by atoms with Gasteiger partial charge in [-0.1, -0.05) is 48.5 Å². The van der Waals surface area contributed by atoms with Gasteiger partial charge in [-0.15, -0.1) is 11.3 Å². The third-order valence-corrected chi connectivity index (χ3v) is 6.85. The molecule has 2 aromatic heterocycles. The summed E-state index contributed by atoms with van der Waals surface area (Å²) in [7, 11) is 0. The quantitative estimate of drug-likeness (QED) is 0.459. The molecule has 0 aliphatic carbocycles. The van der Waals surface area contributed by atoms with Crippen LogP contribution in [-0.4, -0.2) is 28.5 Å². The Kier molecular flexibility index (Phi) is 5.16. The van der Waals surface area contributed by atoms with Crippen LogP contribution >= 0.6 is 11.3 Å². The maximum atomic E-state index is 13.0. The molecule has 0 spiro atoms. The van der Waals surface area contributed by atoms with Crippen LogP contribution in [-0.2, 0) is 11.2 Å². The molecule has 31 heavy (non-hydrogen) atoms. The van der Waals surface area contributed by atoms with Crippen molar-refractivity contribution < 1.29 is 4.79 Å². The number of anilines is 2. The van der Waals surface area contributed by atoms with Gasteiger partial charge in [0.15, 0.2) is 0 Å². The first-order chi connectivity index (χ1) is 15.1. The van der Waals surface area contributed by atoms with Gasteiger partial charge in [-0.25, -0.2) is 9.97 Å². The van der Waals surface area contributed by atoms with Crippen LogP contribution < -0.4 is 10.2 Å². The molecule has 1 N–H and O–H groups in total. The monoisotopic (exact) mass is 428 g/mol. The molecule has 6 heteroatoms. The van der Waals surface area contributed by atoms with Gasteiger partial charge in [-0.05, 0) is 37.5 Å². The van der Waals surface area contributed by atoms with Gasteiger partial charge < -0.3 is 10.2 Å². The number of thiophene rings is 1. The van der Waals surface area contributed by atoms with Crippen LogP contribution in [0.4, 0.5) is 11.5 Å². The predicted octanol–water partition coefficient (Wildman–Crippen LogP) is 5.45. The Hall–Kier alpha value is -3.25. The second-order valence-electron chi connectivity index (χ2n) is 7.92. The van der Waals surface area contributed by atoms with E-state index in [1.165, 1.54) is 10.4 Å². The standard InChI is InChI=1S/C25H24N4OS/c1-16-14-19-10-6-7-11-20(19)29(16)21(30)12-13-26-24-23-22(18-8-4-3-5-9-18)17(2)31-25(23)28-15-27-24/h3-11,15-16H,12-14H2,1-2H3,(H,26,27,28). The third kappa shape index (κ3) is 3.57. The zero-order valence-corrected chi connectivity index (χ0v) is 18.4. The lowest BCUT2D eigenvalue weighted by Gasteiger charge is -2.23. The number of nitrogens with one attached hydrogen (secondary N) is 1. The first-order valence-corrected chi connectivity index (χ1v) is 11.4. The fourth-order valence-electron chi connectivity index (χ4n) is 4.48. The van der Waals surface area contributed by atoms with Crippen molar-refractivity contribution in [2.75, 3.05) is 16.8 Å². The number of rotatable bonds is 5. The topological polar surface area (TPSA) is 58.1 Å². The summed E-state index contributed by atoms with van der Waals surface area (Å²) in [6, 6.07) is 18.7. The highest BCUT2D eigenvalue weighted by Crippen LogP contribution is 2.40. The number of para-hydroxylation sites is 1. The lowest BCUT2D eigenvalue weighted by Crippen LogP contribution is -2.36. The molecule has 1 unspecified atom stereocenters. The SMILES string of the molecule is Cc1sc2ncnc(NCCC(=O)N3c4ccccc4CC3C)c2c1-c1ccccc1. The van der Waals surface area contributed by atoms with E-state index < -0.39 is 0 Å². The van der Waals surface area contributed by atoms with E-state index in [1.807, 2.05) is 41.3 Å². The van der Waals surface area contributed by atoms with Gasteiger partial charge in [0.2, 0.25) is 5.91 Å². The molecule has 0 saturated heterocycles. The van der Waals surface area contributed by atoms with Crippen LogP contribution in [0.2, 0.25) is 0 Å². The fraction of sp³-hybridized carbons (Fsp3) is 0.240. The molecule has 0 bridgehead atoms. The normalized spacial score (nSPS) is 15.3. The molecule has 3 heterocycles. The molecular formula is C25H24N4OS. The van der Waals surface area contributed by atoms with E-state index in [4.69, 9.17) is 0 Å². The third-order valence-electron chi connectivity index (χ3n) is 5.83. The van der Waals surface area contributed by atoms with Crippen molar-refractivity contribution in [2.45, 2.75) is 32.7 Å². The van der Waals surface area contributed by atoms with Crippen molar-refractivity contribution in [2.24, 2.45) is 0 Å². The average Bonchev–Trinajstić information content (AvgIpc) is 3.30. The van der Waals surface area contributed by atoms with Crippen molar-refractivity contribution in [1.29, 1.82) is 0 Å². The van der Waals surface area contributed by atoms with Gasteiger partial charge >= 0.3 is 0 Å². The molecule has 1 aliphatic heterocycles. The van der Waals surface area contributed by atoms with Gasteiger partial charge in [0, 0.05) is 35.1 Å². The minimum absolute atomic E-state index is 0.139. The van der Waals surface area contributed by atoms with E-state index in [2.05, 4.69) is 47.3 Å². The summed E-state index contributed by atoms with van der Waals surface area (Å²) < 4.78 is 0. The number of carbonyl (C=O) groups is 1. The maximum absolute atomic E-state index is 13.0. The second kappa shape index (κ2) is 8.12. The molecule has 4 aromatic rings. The van der Waals surface area contributed by atoms with Gasteiger partial charge in [0.25, 0.3) is 0 Å². The Labute approximate surface area is 185 Å². The van der Waals surface area contributed by atoms with E-state index in [0.717, 1.165) is 39.3 Å². The highest BCUT2D eigenvalue weighted by molar-refractivity contribution is 7.19. The summed E-state index contributed by atoms with van der Waals surface area (Å²) in [4.78, 5) is 26.1. The Bertz CT molecular complexity index is 1250. The van der Waals surface area contributed by atoms with E-state index >= 15 is 0 Å². The zero-order chi connectivity index (χ0) is 21.4. The summed E-state index contributed by atoms with van der Waals surface area (Å²) in [6.07, 6.45) is 2.92. The van der Waals surface area contributed by atoms with Gasteiger partial charge in [0.05, 0.1) is 5.39 Å². The lowest BCUT2D eigenvalue weighted by molar-refractivity contribution is -0.118. The summed E-state index contributed by atoms with van der Waals surface area (Å²) >= 11 is 1.67. The highest BCUT2D eigenvalue weighted by Gasteiger charge is 2.30. The fourth-order valence-corrected chi connectivity index (χ4v) is 5.50. The molecule has 0 radical (unpaired) electrons. The molecule has 0 fully saturated rings. The number of carbonyl (C=O) groups excluding carboxylic acids is 1. The first-order valence-electron chi connectivity index (χ1n) is 10.6. The van der Waals surface area contributed by atoms with Crippen LogP contribution in [0.5, 0.6) is 0 Å². The molecule has 5 nitrogen and oxygen atoms in total. The van der Waals surface area contributed by atoms with Crippen molar-refractivity contribution in [3.63, 3.8) is 0 Å². The van der Waals surface area contributed by atoms with Crippen molar-refractivity contribution in [1.82, 2.24) is 9.97 Å². The Morgan fingerprint density at radius 2 is 1.90 bits per heavy atom. The maximum Gasteiger partial charge on any atom is 0.229 e. The number of aryl methyl sites for hydroxylation is 1. The summed E-state index contributed by atoms with van der Waals surface area (Å²) in [5.74, 6) is 0.927. The van der Waals surface area contributed by atoms with Gasteiger partial charge in [0.1, 0.15) is 17.0 Å². The molecule has 156 valence electrons. The predicted molar refractivity (Wildman–Crippen MR) is 128 cm³/mol. The second-order valence-corrected chi connectivity index (χ2v) is 9.13. The Balaban J connectivity index is 1.37. The first kappa shape index (κ1) is 19.7. The van der Waals surface area contributed by atoms with Gasteiger partial charge in [-0.2, -0.15) is 0 Å². The van der Waals surface area contributed by atoms with Crippen molar-refractivity contribution in [3.8, 4) is 11.1 Å². The number of nitrogens with zero attached hydrogens (tertiary/aromatic N) is 3. The number of aromatic nitrogens is 2. The molecule has 1 aliphatic rings. The van der Waals surface area contributed by atoms with E-state index in [0.29, 0.717) is 13.0 Å². The van der Waals surface area contributed by atoms with Crippen LogP contribution in [0, 0.1) is 6.92 Å². The Morgan fingerprint density at radius 1 is 1.13 bits per heavy atom. The molecule has 2 aromatic carbocycles. The average molecular weight is 429 g/mol. The molecule has 5 rings (SSSR count). The Morgan fingerprint density at radius 3 is 2.74 bits per heavy atom. The van der Waals surface area contributed by atoms with Gasteiger partial charge in [-0.3, -0.25) is 4.79 Å². The number of fused-ring (bicyclic) bond motifs is 2. The summed E-state index contributed by atoms with van der Waals surface area (Å²) in [5, 5.41) is 4.44. The minimum Gasteiger partial charge on any atom is -0.369 e. The number of hydrogen-bond acceptors (Lipinski definition) is 5. The van der Waals surface area contributed by atoms with Crippen LogP contribution in [0.1, 0.15) is 23.8 Å². The minimum atomic E-state index is 0.139. The number of hydrogen-bond donors (Lipinski definition) is 1. The highest BCUT2D eigenvalue weighted by atomic mass is 32.1. The number of amides is 1. The zero-order valence-electron chi connectivity index (χ0n) is 17.6. The van der Waals surface area contributed by atoms with E-state index in [-0.39, 0.29) is 11.9 Å². The van der Waals surface area contributed by atoms with E-state index in [1.54, 1.807) is 17.7 Å². The lowest BCUT2D eigenvalue weighted by atomic mass is 10.0.